The molecule has 4 rings (SSSR count). The van der Waals surface area contributed by atoms with E-state index >= 15 is 0 Å². The summed E-state index contributed by atoms with van der Waals surface area (Å²) >= 11 is 6.73. The van der Waals surface area contributed by atoms with Crippen LogP contribution >= 0.6 is 24.0 Å². The molecule has 1 aromatic heterocycles. The van der Waals surface area contributed by atoms with Crippen LogP contribution in [0, 0.1) is 24.2 Å². The van der Waals surface area contributed by atoms with Crippen LogP contribution in [0.3, 0.4) is 0 Å². The molecule has 0 atom stereocenters. The Morgan fingerprint density at radius 1 is 1.18 bits per heavy atom. The Morgan fingerprint density at radius 3 is 2.53 bits per heavy atom. The molecule has 1 aromatic carbocycles. The second-order valence-corrected chi connectivity index (χ2v) is 11.4. The third-order valence-electron chi connectivity index (χ3n) is 7.24. The summed E-state index contributed by atoms with van der Waals surface area (Å²) in [4.78, 5) is 31.0. The van der Waals surface area contributed by atoms with E-state index in [1.165, 1.54) is 17.3 Å². The molecule has 0 spiro atoms. The number of aromatic nitrogens is 1. The van der Waals surface area contributed by atoms with Crippen molar-refractivity contribution in [3.8, 4) is 6.07 Å². The average Bonchev–Trinajstić information content (AvgIpc) is 3.19. The van der Waals surface area contributed by atoms with Gasteiger partial charge in [-0.15, -0.1) is 0 Å². The van der Waals surface area contributed by atoms with Crippen LogP contribution < -0.4 is 10.5 Å². The highest BCUT2D eigenvalue weighted by Gasteiger charge is 2.33. The number of anilines is 1. The van der Waals surface area contributed by atoms with E-state index in [0.29, 0.717) is 40.4 Å². The van der Waals surface area contributed by atoms with Crippen LogP contribution in [0.1, 0.15) is 48.4 Å². The average molecular weight is 551 g/mol. The van der Waals surface area contributed by atoms with Gasteiger partial charge in [-0.25, -0.2) is 0 Å². The first-order valence-corrected chi connectivity index (χ1v) is 14.3. The normalized spacial score (nSPS) is 17.5. The summed E-state index contributed by atoms with van der Waals surface area (Å²) in [6, 6.07) is 12.7. The van der Waals surface area contributed by atoms with Gasteiger partial charge in [-0.05, 0) is 55.7 Å². The van der Waals surface area contributed by atoms with E-state index in [-0.39, 0.29) is 17.0 Å². The van der Waals surface area contributed by atoms with E-state index in [1.54, 1.807) is 23.5 Å². The van der Waals surface area contributed by atoms with E-state index in [4.69, 9.17) is 17.0 Å². The summed E-state index contributed by atoms with van der Waals surface area (Å²) in [5, 5.41) is 9.87. The third-order valence-corrected chi connectivity index (χ3v) is 8.62. The molecule has 2 aromatic rings. The number of carbonyl (C=O) groups is 1. The van der Waals surface area contributed by atoms with Gasteiger partial charge in [0.15, 0.2) is 0 Å². The monoisotopic (exact) mass is 550 g/mol. The maximum absolute atomic E-state index is 13.4. The number of ether oxygens (including phenoxy) is 1. The second kappa shape index (κ2) is 12.7. The maximum Gasteiger partial charge on any atom is 0.270 e. The van der Waals surface area contributed by atoms with Crippen LogP contribution in [-0.2, 0) is 22.5 Å². The molecular weight excluding hydrogens is 516 g/mol. The van der Waals surface area contributed by atoms with Crippen molar-refractivity contribution >= 4 is 46.1 Å². The minimum absolute atomic E-state index is 0.127. The molecule has 2 aliphatic rings. The van der Waals surface area contributed by atoms with Gasteiger partial charge in [-0.1, -0.05) is 61.2 Å². The lowest BCUT2D eigenvalue weighted by Crippen LogP contribution is -2.40. The highest BCUT2D eigenvalue weighted by atomic mass is 32.2. The number of thiocarbonyl (C=S) groups is 1. The van der Waals surface area contributed by atoms with Crippen molar-refractivity contribution in [1.29, 1.82) is 5.26 Å². The van der Waals surface area contributed by atoms with Gasteiger partial charge in [0.1, 0.15) is 21.8 Å². The number of benzene rings is 1. The van der Waals surface area contributed by atoms with Crippen LogP contribution in [0.15, 0.2) is 40.0 Å². The fourth-order valence-electron chi connectivity index (χ4n) is 5.22. The first-order valence-electron chi connectivity index (χ1n) is 13.1. The van der Waals surface area contributed by atoms with Gasteiger partial charge < -0.3 is 9.64 Å². The van der Waals surface area contributed by atoms with Gasteiger partial charge in [0.25, 0.3) is 11.5 Å². The number of methoxy groups -OCH3 is 1. The molecule has 2 fully saturated rings. The molecule has 0 unspecified atom stereocenters. The van der Waals surface area contributed by atoms with E-state index in [1.807, 2.05) is 19.1 Å². The van der Waals surface area contributed by atoms with Crippen molar-refractivity contribution in [2.45, 2.75) is 46.1 Å². The molecule has 3 heterocycles. The molecule has 2 saturated heterocycles. The Bertz CT molecular complexity index is 1320. The minimum atomic E-state index is -0.266. The standard InChI is InChI=1S/C29H34N4O3S2/c1-4-12-32-26(31-13-10-22(11-14-31)17-21-8-6-5-7-9-21)23(20(2)24(19-30)27(32)34)18-25-28(35)33(15-16-36-3)29(37)38-25/h5-9,18,22H,4,10-17H2,1-3H3/b25-18-. The van der Waals surface area contributed by atoms with Crippen molar-refractivity contribution in [2.24, 2.45) is 5.92 Å². The molecule has 0 radical (unpaired) electrons. The molecule has 7 nitrogen and oxygen atoms in total. The van der Waals surface area contributed by atoms with E-state index in [0.717, 1.165) is 50.2 Å². The van der Waals surface area contributed by atoms with Crippen LogP contribution in [0.4, 0.5) is 5.82 Å². The Hall–Kier alpha value is -2.93. The first kappa shape index (κ1) is 28.1. The zero-order valence-corrected chi connectivity index (χ0v) is 23.9. The van der Waals surface area contributed by atoms with Crippen molar-refractivity contribution in [3.63, 3.8) is 0 Å². The van der Waals surface area contributed by atoms with E-state index in [9.17, 15) is 14.9 Å². The van der Waals surface area contributed by atoms with Crippen molar-refractivity contribution in [2.75, 3.05) is 38.3 Å². The van der Waals surface area contributed by atoms with Gasteiger partial charge >= 0.3 is 0 Å². The van der Waals surface area contributed by atoms with Gasteiger partial charge in [0, 0.05) is 32.3 Å². The molecule has 9 heteroatoms. The number of hydrogen-bond acceptors (Lipinski definition) is 7. The number of carbonyl (C=O) groups excluding carboxylic acids is 1. The number of thioether (sulfide) groups is 1. The number of piperidine rings is 1. The molecule has 2 aliphatic heterocycles. The van der Waals surface area contributed by atoms with E-state index in [2.05, 4.69) is 35.2 Å². The molecule has 0 aliphatic carbocycles. The molecule has 1 amide bonds. The predicted octanol–water partition coefficient (Wildman–Crippen LogP) is 4.75. The number of amides is 1. The maximum atomic E-state index is 13.4. The molecule has 200 valence electrons. The molecule has 38 heavy (non-hydrogen) atoms. The SMILES string of the molecule is CCCn1c(N2CCC(Cc3ccccc3)CC2)c(/C=C2\SC(=S)N(CCOC)C2=O)c(C)c(C#N)c1=O. The van der Waals surface area contributed by atoms with Crippen LogP contribution in [0.2, 0.25) is 0 Å². The zero-order valence-electron chi connectivity index (χ0n) is 22.2. The smallest absolute Gasteiger partial charge is 0.270 e. The summed E-state index contributed by atoms with van der Waals surface area (Å²) in [7, 11) is 1.59. The van der Waals surface area contributed by atoms with Gasteiger partial charge in [0.05, 0.1) is 18.1 Å². The predicted molar refractivity (Wildman–Crippen MR) is 157 cm³/mol. The lowest BCUT2D eigenvalue weighted by molar-refractivity contribution is -0.122. The number of nitriles is 1. The number of hydrogen-bond donors (Lipinski definition) is 0. The minimum Gasteiger partial charge on any atom is -0.383 e. The van der Waals surface area contributed by atoms with Gasteiger partial charge in [-0.2, -0.15) is 5.26 Å². The number of nitrogens with zero attached hydrogens (tertiary/aromatic N) is 4. The highest BCUT2D eigenvalue weighted by Crippen LogP contribution is 2.37. The number of rotatable bonds is 9. The molecular formula is C29H34N4O3S2. The Morgan fingerprint density at radius 2 is 1.89 bits per heavy atom. The van der Waals surface area contributed by atoms with Gasteiger partial charge in [-0.3, -0.25) is 19.1 Å². The van der Waals surface area contributed by atoms with Gasteiger partial charge in [0.2, 0.25) is 0 Å². The second-order valence-electron chi connectivity index (χ2n) is 9.75. The Kier molecular flexibility index (Phi) is 9.42. The summed E-state index contributed by atoms with van der Waals surface area (Å²) in [5.74, 6) is 1.20. The van der Waals surface area contributed by atoms with Crippen LogP contribution in [0.5, 0.6) is 0 Å². The summed E-state index contributed by atoms with van der Waals surface area (Å²) in [6.07, 6.45) is 5.64. The Balaban J connectivity index is 1.72. The van der Waals surface area contributed by atoms with Crippen molar-refractivity contribution in [1.82, 2.24) is 9.47 Å². The fourth-order valence-corrected chi connectivity index (χ4v) is 6.51. The summed E-state index contributed by atoms with van der Waals surface area (Å²) < 4.78 is 7.36. The zero-order chi connectivity index (χ0) is 27.2. The number of pyridine rings is 1. The Labute approximate surface area is 234 Å². The largest absolute Gasteiger partial charge is 0.383 e. The molecule has 0 bridgehead atoms. The highest BCUT2D eigenvalue weighted by molar-refractivity contribution is 8.26. The third kappa shape index (κ3) is 5.88. The summed E-state index contributed by atoms with van der Waals surface area (Å²) in [5.41, 5.74) is 2.57. The van der Waals surface area contributed by atoms with E-state index < -0.39 is 0 Å². The summed E-state index contributed by atoms with van der Waals surface area (Å²) in [6.45, 7) is 6.72. The lowest BCUT2D eigenvalue weighted by atomic mass is 9.90. The molecule has 0 saturated carbocycles. The van der Waals surface area contributed by atoms with Crippen molar-refractivity contribution < 1.29 is 9.53 Å². The van der Waals surface area contributed by atoms with Crippen LogP contribution in [-0.4, -0.2) is 53.0 Å². The fraction of sp³-hybridized carbons (Fsp3) is 0.448. The first-order chi connectivity index (χ1) is 18.4. The molecule has 0 N–H and O–H groups in total. The van der Waals surface area contributed by atoms with Crippen molar-refractivity contribution in [3.05, 3.63) is 67.8 Å². The van der Waals surface area contributed by atoms with Crippen LogP contribution in [0.25, 0.3) is 6.08 Å². The quantitative estimate of drug-likeness (QED) is 0.330. The lowest BCUT2D eigenvalue weighted by Gasteiger charge is -2.36. The topological polar surface area (TPSA) is 78.6 Å².